The molecule has 0 saturated carbocycles. The monoisotopic (exact) mass is 708 g/mol. The summed E-state index contributed by atoms with van der Waals surface area (Å²) in [5.41, 5.74) is 21.5. The minimum atomic E-state index is -1.42. The van der Waals surface area contributed by atoms with Crippen LogP contribution in [0.2, 0.25) is 0 Å². The quantitative estimate of drug-likeness (QED) is 0.129. The topological polar surface area (TPSA) is 23.1 Å². The molecule has 2 atom stereocenters. The Morgan fingerprint density at radius 3 is 1.46 bits per heavy atom. The molecule has 12 rings (SSSR count). The van der Waals surface area contributed by atoms with E-state index in [0.717, 1.165) is 29.1 Å². The minimum Gasteiger partial charge on any atom is -0.606 e. The molecule has 5 aliphatic carbocycles. The molecule has 0 N–H and O–H groups in total. The molecule has 256 valence electrons. The fourth-order valence-corrected chi connectivity index (χ4v) is 12.3. The zero-order chi connectivity index (χ0) is 35.8. The summed E-state index contributed by atoms with van der Waals surface area (Å²) in [6.07, 6.45) is 7.70. The van der Waals surface area contributed by atoms with Crippen molar-refractivity contribution < 1.29 is 4.55 Å². The van der Waals surface area contributed by atoms with Gasteiger partial charge in [0.2, 0.25) is 0 Å². The van der Waals surface area contributed by atoms with Crippen LogP contribution in [0, 0.1) is 6.92 Å². The molecule has 7 aromatic carbocycles. The third kappa shape index (κ3) is 3.66. The van der Waals surface area contributed by atoms with Gasteiger partial charge in [0.1, 0.15) is 0 Å². The third-order valence-corrected chi connectivity index (χ3v) is 14.5. The largest absolute Gasteiger partial charge is 0.606 e. The summed E-state index contributed by atoms with van der Waals surface area (Å²) >= 11 is -1.42. The van der Waals surface area contributed by atoms with Crippen LogP contribution in [0.5, 0.6) is 0 Å². The van der Waals surface area contributed by atoms with Gasteiger partial charge in [-0.2, -0.15) is 0 Å². The lowest BCUT2D eigenvalue weighted by atomic mass is 9.68. The van der Waals surface area contributed by atoms with Gasteiger partial charge in [0.05, 0.1) is 10.8 Å². The van der Waals surface area contributed by atoms with Gasteiger partial charge in [-0.15, -0.1) is 0 Å². The first-order valence-electron chi connectivity index (χ1n) is 19.2. The average Bonchev–Trinajstić information content (AvgIpc) is 3.80. The van der Waals surface area contributed by atoms with E-state index < -0.39 is 22.0 Å². The van der Waals surface area contributed by atoms with E-state index in [4.69, 9.17) is 0 Å². The van der Waals surface area contributed by atoms with Crippen LogP contribution in [-0.4, -0.2) is 4.55 Å². The molecule has 0 bridgehead atoms. The van der Waals surface area contributed by atoms with Gasteiger partial charge in [0.25, 0.3) is 0 Å². The van der Waals surface area contributed by atoms with E-state index in [1.165, 1.54) is 94.6 Å². The number of benzene rings is 7. The van der Waals surface area contributed by atoms with Crippen LogP contribution < -0.4 is 0 Å². The second-order valence-electron chi connectivity index (χ2n) is 15.6. The number of hydrogen-bond acceptors (Lipinski definition) is 1. The predicted molar refractivity (Wildman–Crippen MR) is 220 cm³/mol. The lowest BCUT2D eigenvalue weighted by Crippen LogP contribution is -2.28. The zero-order valence-electron chi connectivity index (χ0n) is 30.0. The van der Waals surface area contributed by atoms with Crippen molar-refractivity contribution in [1.82, 2.24) is 0 Å². The molecule has 0 radical (unpaired) electrons. The van der Waals surface area contributed by atoms with Crippen molar-refractivity contribution in [2.24, 2.45) is 0 Å². The highest BCUT2D eigenvalue weighted by Crippen LogP contribution is 2.65. The van der Waals surface area contributed by atoms with Crippen molar-refractivity contribution in [1.29, 1.82) is 0 Å². The Bertz CT molecular complexity index is 2790. The number of rotatable bonds is 2. The molecule has 54 heavy (non-hydrogen) atoms. The van der Waals surface area contributed by atoms with E-state index in [2.05, 4.69) is 171 Å². The van der Waals surface area contributed by atoms with Gasteiger partial charge in [-0.05, 0) is 152 Å². The van der Waals surface area contributed by atoms with Crippen LogP contribution in [-0.2, 0) is 22.0 Å². The van der Waals surface area contributed by atoms with Gasteiger partial charge in [-0.3, -0.25) is 0 Å². The van der Waals surface area contributed by atoms with Crippen molar-refractivity contribution in [2.75, 3.05) is 0 Å². The smallest absolute Gasteiger partial charge is 0.158 e. The van der Waals surface area contributed by atoms with Crippen molar-refractivity contribution >= 4 is 16.7 Å². The minimum absolute atomic E-state index is 0.393. The molecule has 0 fully saturated rings. The molecule has 5 aliphatic rings. The molecule has 0 amide bonds. The molecule has 0 aliphatic heterocycles. The van der Waals surface area contributed by atoms with Crippen LogP contribution in [0.4, 0.5) is 0 Å². The normalized spacial score (nSPS) is 19.1. The highest BCUT2D eigenvalue weighted by Gasteiger charge is 2.54. The highest BCUT2D eigenvalue weighted by molar-refractivity contribution is 7.91. The van der Waals surface area contributed by atoms with E-state index in [0.29, 0.717) is 0 Å². The first-order valence-corrected chi connectivity index (χ1v) is 20.4. The number of allylic oxidation sites excluding steroid dienone is 4. The van der Waals surface area contributed by atoms with Crippen LogP contribution in [0.15, 0.2) is 179 Å². The third-order valence-electron chi connectivity index (χ3n) is 13.2. The molecule has 2 spiro atoms. The molecule has 0 aromatic heterocycles. The fraction of sp³-hybridized carbons (Fsp3) is 0.115. The molecule has 1 nitrogen and oxygen atoms in total. The van der Waals surface area contributed by atoms with Gasteiger partial charge in [-0.25, -0.2) is 0 Å². The molecule has 2 heteroatoms. The Balaban J connectivity index is 1.07. The number of hydrogen-bond donors (Lipinski definition) is 0. The maximum atomic E-state index is 15.2. The van der Waals surface area contributed by atoms with Gasteiger partial charge in [-0.1, -0.05) is 133 Å². The predicted octanol–water partition coefficient (Wildman–Crippen LogP) is 12.3. The molecule has 7 aromatic rings. The second-order valence-corrected chi connectivity index (χ2v) is 17.1. The summed E-state index contributed by atoms with van der Waals surface area (Å²) in [5.74, 6) is 0. The van der Waals surface area contributed by atoms with E-state index in [9.17, 15) is 0 Å². The molecular formula is C52H36OS. The number of aryl methyl sites for hydroxylation is 1. The van der Waals surface area contributed by atoms with Crippen molar-refractivity contribution in [2.45, 2.75) is 46.8 Å². The SMILES string of the molecule is Cc1ccc2c(c1)C1(C3=C(CC=CCC3)c3ccccc31)c1cc([S+]([O-])c3ccc4c(c3)C3(c5ccccc5-c5ccccc53)c3ccccc3-4)ccc1-2. The Labute approximate surface area is 319 Å². The standard InChI is InChI=1S/C52H36OS/c1-32-23-26-40-42-28-25-34(31-50(42)52(48(40)29-32)46-18-4-2-3-13-35(46)38-16-7-12-22-47(38)52)54(53)33-24-27-41-39-17-8-11-21-45(39)51(49(41)30-33)43-19-9-5-14-36(43)37-15-6-10-20-44(37)51/h2-3,5-12,14-17,19-31H,4,13,18H2,1H3. The van der Waals surface area contributed by atoms with Crippen LogP contribution in [0.1, 0.15) is 69.3 Å². The van der Waals surface area contributed by atoms with E-state index in [-0.39, 0.29) is 0 Å². The Morgan fingerprint density at radius 1 is 0.444 bits per heavy atom. The van der Waals surface area contributed by atoms with Gasteiger partial charge in [0.15, 0.2) is 9.79 Å². The summed E-state index contributed by atoms with van der Waals surface area (Å²) in [7, 11) is 0. The average molecular weight is 709 g/mol. The zero-order valence-corrected chi connectivity index (χ0v) is 30.8. The Morgan fingerprint density at radius 2 is 0.889 bits per heavy atom. The number of fused-ring (bicyclic) bond motifs is 19. The summed E-state index contributed by atoms with van der Waals surface area (Å²) < 4.78 is 15.2. The maximum Gasteiger partial charge on any atom is 0.158 e. The van der Waals surface area contributed by atoms with E-state index in [1.54, 1.807) is 0 Å². The van der Waals surface area contributed by atoms with E-state index in [1.807, 2.05) is 0 Å². The van der Waals surface area contributed by atoms with Gasteiger partial charge in [0, 0.05) is 11.2 Å². The summed E-state index contributed by atoms with van der Waals surface area (Å²) in [6.45, 7) is 2.21. The van der Waals surface area contributed by atoms with Crippen LogP contribution in [0.25, 0.3) is 39.0 Å². The van der Waals surface area contributed by atoms with Crippen molar-refractivity contribution in [3.05, 3.63) is 219 Å². The molecular weight excluding hydrogens is 673 g/mol. The highest BCUT2D eigenvalue weighted by atomic mass is 32.2. The van der Waals surface area contributed by atoms with Crippen molar-refractivity contribution in [3.63, 3.8) is 0 Å². The van der Waals surface area contributed by atoms with Crippen molar-refractivity contribution in [3.8, 4) is 33.4 Å². The summed E-state index contributed by atoms with van der Waals surface area (Å²) in [4.78, 5) is 1.70. The first-order chi connectivity index (χ1) is 26.6. The maximum absolute atomic E-state index is 15.2. The Kier molecular flexibility index (Phi) is 6.24. The van der Waals surface area contributed by atoms with Gasteiger partial charge >= 0.3 is 0 Å². The lowest BCUT2D eigenvalue weighted by Gasteiger charge is -2.33. The fourth-order valence-electron chi connectivity index (χ4n) is 11.2. The molecule has 0 heterocycles. The Hall–Kier alpha value is -5.67. The van der Waals surface area contributed by atoms with Crippen LogP contribution >= 0.6 is 0 Å². The van der Waals surface area contributed by atoms with Gasteiger partial charge < -0.3 is 4.55 Å². The molecule has 0 saturated heterocycles. The van der Waals surface area contributed by atoms with E-state index >= 15 is 4.55 Å². The second kappa shape index (κ2) is 10.9. The lowest BCUT2D eigenvalue weighted by molar-refractivity contribution is 0.594. The summed E-state index contributed by atoms with van der Waals surface area (Å²) in [5, 5.41) is 0. The van der Waals surface area contributed by atoms with Crippen LogP contribution in [0.3, 0.4) is 0 Å². The molecule has 2 unspecified atom stereocenters. The first kappa shape index (κ1) is 30.8. The summed E-state index contributed by atoms with van der Waals surface area (Å²) in [6, 6.07) is 56.0.